The highest BCUT2D eigenvalue weighted by atomic mass is 35.5. The van der Waals surface area contributed by atoms with Gasteiger partial charge in [0, 0.05) is 22.8 Å². The fourth-order valence-corrected chi connectivity index (χ4v) is 4.32. The van der Waals surface area contributed by atoms with Crippen LogP contribution >= 0.6 is 23.4 Å². The van der Waals surface area contributed by atoms with Gasteiger partial charge in [0.15, 0.2) is 21.3 Å². The molecule has 1 heterocycles. The molecule has 0 spiro atoms. The first-order chi connectivity index (χ1) is 12.3. The molecule has 0 aliphatic carbocycles. The minimum atomic E-state index is -3.54. The van der Waals surface area contributed by atoms with Crippen molar-refractivity contribution in [2.24, 2.45) is 0 Å². The lowest BCUT2D eigenvalue weighted by Gasteiger charge is -2.21. The zero-order chi connectivity index (χ0) is 18.9. The molecule has 1 aliphatic heterocycles. The fourth-order valence-electron chi connectivity index (χ4n) is 2.46. The molecular formula is C17H16ClNO5S2. The minimum Gasteiger partial charge on any atom is -0.486 e. The van der Waals surface area contributed by atoms with Crippen molar-refractivity contribution in [1.29, 1.82) is 0 Å². The van der Waals surface area contributed by atoms with Gasteiger partial charge >= 0.3 is 0 Å². The maximum absolute atomic E-state index is 12.6. The van der Waals surface area contributed by atoms with E-state index >= 15 is 0 Å². The summed E-state index contributed by atoms with van der Waals surface area (Å²) in [6.07, 6.45) is 2.92. The molecule has 1 amide bonds. The zero-order valence-electron chi connectivity index (χ0n) is 14.0. The summed E-state index contributed by atoms with van der Waals surface area (Å²) in [5.41, 5.74) is 0.749. The van der Waals surface area contributed by atoms with Gasteiger partial charge in [-0.1, -0.05) is 11.6 Å². The second-order valence-electron chi connectivity index (χ2n) is 5.57. The fraction of sp³-hybridized carbons (Fsp3) is 0.235. The molecule has 3 rings (SSSR count). The number of hydrogen-bond donors (Lipinski definition) is 1. The number of fused-ring (bicyclic) bond motifs is 1. The molecule has 2 aromatic carbocycles. The Kier molecular flexibility index (Phi) is 5.36. The third-order valence-corrected chi connectivity index (χ3v) is 6.06. The Hall–Kier alpha value is -1.90. The number of rotatable bonds is 4. The number of nitrogens with one attached hydrogen (secondary N) is 1. The number of amides is 1. The Bertz CT molecular complexity index is 975. The number of carbonyl (C=O) groups is 1. The van der Waals surface area contributed by atoms with Crippen LogP contribution in [0.25, 0.3) is 0 Å². The van der Waals surface area contributed by atoms with Gasteiger partial charge in [-0.25, -0.2) is 8.42 Å². The Morgan fingerprint density at radius 1 is 1.15 bits per heavy atom. The average molecular weight is 414 g/mol. The van der Waals surface area contributed by atoms with Gasteiger partial charge in [-0.15, -0.1) is 11.8 Å². The highest BCUT2D eigenvalue weighted by Gasteiger charge is 2.19. The van der Waals surface area contributed by atoms with Gasteiger partial charge in [-0.2, -0.15) is 0 Å². The number of carbonyl (C=O) groups excluding carboxylic acids is 1. The number of ether oxygens (including phenoxy) is 2. The predicted molar refractivity (Wildman–Crippen MR) is 102 cm³/mol. The first kappa shape index (κ1) is 18.9. The lowest BCUT2D eigenvalue weighted by molar-refractivity contribution is 0.102. The molecule has 26 heavy (non-hydrogen) atoms. The van der Waals surface area contributed by atoms with Crippen LogP contribution in [0.15, 0.2) is 40.1 Å². The summed E-state index contributed by atoms with van der Waals surface area (Å²) in [5, 5.41) is 2.87. The molecule has 9 heteroatoms. The third-order valence-electron chi connectivity index (χ3n) is 3.71. The number of anilines is 1. The van der Waals surface area contributed by atoms with Crippen molar-refractivity contribution in [3.8, 4) is 11.5 Å². The lowest BCUT2D eigenvalue weighted by Crippen LogP contribution is -2.17. The lowest BCUT2D eigenvalue weighted by atomic mass is 10.2. The summed E-state index contributed by atoms with van der Waals surface area (Å²) < 4.78 is 34.7. The van der Waals surface area contributed by atoms with E-state index in [1.807, 2.05) is 6.26 Å². The smallest absolute Gasteiger partial charge is 0.255 e. The normalized spacial score (nSPS) is 13.3. The van der Waals surface area contributed by atoms with Gasteiger partial charge in [0.2, 0.25) is 0 Å². The van der Waals surface area contributed by atoms with Crippen LogP contribution < -0.4 is 14.8 Å². The molecule has 1 aliphatic rings. The second kappa shape index (κ2) is 7.38. The summed E-state index contributed by atoms with van der Waals surface area (Å²) in [4.78, 5) is 13.3. The number of hydrogen-bond acceptors (Lipinski definition) is 6. The van der Waals surface area contributed by atoms with E-state index in [0.29, 0.717) is 30.4 Å². The van der Waals surface area contributed by atoms with Crippen LogP contribution in [0.1, 0.15) is 10.4 Å². The van der Waals surface area contributed by atoms with E-state index in [1.165, 1.54) is 30.0 Å². The van der Waals surface area contributed by atoms with Crippen molar-refractivity contribution in [2.75, 3.05) is 31.0 Å². The quantitative estimate of drug-likeness (QED) is 0.772. The van der Waals surface area contributed by atoms with E-state index in [-0.39, 0.29) is 15.5 Å². The highest BCUT2D eigenvalue weighted by molar-refractivity contribution is 7.98. The molecule has 0 radical (unpaired) electrons. The van der Waals surface area contributed by atoms with Gasteiger partial charge in [-0.3, -0.25) is 4.79 Å². The largest absolute Gasteiger partial charge is 0.486 e. The van der Waals surface area contributed by atoms with E-state index < -0.39 is 15.7 Å². The van der Waals surface area contributed by atoms with Gasteiger partial charge in [0.25, 0.3) is 5.91 Å². The minimum absolute atomic E-state index is 0.0770. The van der Waals surface area contributed by atoms with Crippen molar-refractivity contribution in [1.82, 2.24) is 0 Å². The van der Waals surface area contributed by atoms with Crippen molar-refractivity contribution in [3.05, 3.63) is 40.9 Å². The molecule has 0 unspecified atom stereocenters. The van der Waals surface area contributed by atoms with E-state index in [9.17, 15) is 13.2 Å². The van der Waals surface area contributed by atoms with Gasteiger partial charge in [0.1, 0.15) is 13.2 Å². The van der Waals surface area contributed by atoms with E-state index in [2.05, 4.69) is 5.32 Å². The SMILES string of the molecule is CSc1cc2c(cc1NC(=O)c1ccc(Cl)c(S(C)(=O)=O)c1)OCCO2. The first-order valence-corrected chi connectivity index (χ1v) is 11.1. The maximum atomic E-state index is 12.6. The zero-order valence-corrected chi connectivity index (χ0v) is 16.4. The van der Waals surface area contributed by atoms with Gasteiger partial charge < -0.3 is 14.8 Å². The standard InChI is InChI=1S/C17H16ClNO5S2/c1-25-15-9-14-13(23-5-6-24-14)8-12(15)19-17(20)10-3-4-11(18)16(7-10)26(2,21)22/h3-4,7-9H,5-6H2,1-2H3,(H,19,20). The van der Waals surface area contributed by atoms with Crippen molar-refractivity contribution >= 4 is 44.8 Å². The van der Waals surface area contributed by atoms with E-state index in [0.717, 1.165) is 11.2 Å². The number of thioether (sulfide) groups is 1. The van der Waals surface area contributed by atoms with Crippen LogP contribution in [-0.2, 0) is 9.84 Å². The topological polar surface area (TPSA) is 81.7 Å². The summed E-state index contributed by atoms with van der Waals surface area (Å²) in [6, 6.07) is 7.64. The monoisotopic (exact) mass is 413 g/mol. The van der Waals surface area contributed by atoms with Crippen molar-refractivity contribution in [3.63, 3.8) is 0 Å². The van der Waals surface area contributed by atoms with Crippen LogP contribution in [0.5, 0.6) is 11.5 Å². The van der Waals surface area contributed by atoms with Crippen LogP contribution in [-0.4, -0.2) is 40.1 Å². The van der Waals surface area contributed by atoms with E-state index in [1.54, 1.807) is 12.1 Å². The Morgan fingerprint density at radius 2 is 1.81 bits per heavy atom. The summed E-state index contributed by atoms with van der Waals surface area (Å²) >= 11 is 7.38. The molecule has 0 atom stereocenters. The molecule has 138 valence electrons. The van der Waals surface area contributed by atoms with Gasteiger partial charge in [0.05, 0.1) is 15.6 Å². The molecule has 0 fully saturated rings. The molecule has 6 nitrogen and oxygen atoms in total. The Labute approximate surface area is 160 Å². The molecule has 1 N–H and O–H groups in total. The second-order valence-corrected chi connectivity index (χ2v) is 8.81. The van der Waals surface area contributed by atoms with Gasteiger partial charge in [-0.05, 0) is 30.5 Å². The molecular weight excluding hydrogens is 398 g/mol. The van der Waals surface area contributed by atoms with Crippen LogP contribution in [0, 0.1) is 0 Å². The Balaban J connectivity index is 1.93. The van der Waals surface area contributed by atoms with Crippen LogP contribution in [0.2, 0.25) is 5.02 Å². The average Bonchev–Trinajstić information content (AvgIpc) is 2.60. The highest BCUT2D eigenvalue weighted by Crippen LogP contribution is 2.39. The van der Waals surface area contributed by atoms with Crippen LogP contribution in [0.3, 0.4) is 0 Å². The van der Waals surface area contributed by atoms with Crippen LogP contribution in [0.4, 0.5) is 5.69 Å². The number of sulfone groups is 1. The molecule has 0 bridgehead atoms. The Morgan fingerprint density at radius 3 is 2.42 bits per heavy atom. The van der Waals surface area contributed by atoms with Crippen molar-refractivity contribution in [2.45, 2.75) is 9.79 Å². The third kappa shape index (κ3) is 3.92. The summed E-state index contributed by atoms with van der Waals surface area (Å²) in [5.74, 6) is 0.736. The molecule has 0 aromatic heterocycles. The number of halogens is 1. The molecule has 0 saturated heterocycles. The summed E-state index contributed by atoms with van der Waals surface area (Å²) in [7, 11) is -3.54. The number of benzene rings is 2. The van der Waals surface area contributed by atoms with Crippen molar-refractivity contribution < 1.29 is 22.7 Å². The van der Waals surface area contributed by atoms with E-state index in [4.69, 9.17) is 21.1 Å². The predicted octanol–water partition coefficient (Wildman–Crippen LogP) is 3.49. The summed E-state index contributed by atoms with van der Waals surface area (Å²) in [6.45, 7) is 0.916. The molecule has 2 aromatic rings. The maximum Gasteiger partial charge on any atom is 0.255 e. The first-order valence-electron chi connectivity index (χ1n) is 7.58. The molecule has 0 saturated carbocycles.